The molecule has 8 nitrogen and oxygen atoms in total. The fourth-order valence-corrected chi connectivity index (χ4v) is 6.03. The summed E-state index contributed by atoms with van der Waals surface area (Å²) in [6, 6.07) is 8.37. The Morgan fingerprint density at radius 2 is 1.53 bits per heavy atom. The third-order valence-electron chi connectivity index (χ3n) is 6.22. The van der Waals surface area contributed by atoms with Gasteiger partial charge >= 0.3 is 0 Å². The van der Waals surface area contributed by atoms with Crippen molar-refractivity contribution in [1.29, 1.82) is 0 Å². The summed E-state index contributed by atoms with van der Waals surface area (Å²) in [5, 5.41) is 0. The van der Waals surface area contributed by atoms with Crippen molar-refractivity contribution < 1.29 is 22.7 Å². The van der Waals surface area contributed by atoms with E-state index in [9.17, 15) is 18.0 Å². The third kappa shape index (κ3) is 4.38. The molecule has 0 aliphatic carbocycles. The number of amides is 2. The van der Waals surface area contributed by atoms with Crippen LogP contribution in [0.4, 0.5) is 0 Å². The van der Waals surface area contributed by atoms with Crippen LogP contribution in [0.5, 0.6) is 0 Å². The molecule has 0 saturated carbocycles. The van der Waals surface area contributed by atoms with E-state index in [0.717, 1.165) is 12.8 Å². The first-order valence-corrected chi connectivity index (χ1v) is 12.2. The van der Waals surface area contributed by atoms with Crippen LogP contribution in [0.2, 0.25) is 0 Å². The minimum atomic E-state index is -3.59. The fraction of sp³-hybridized carbons (Fsp3) is 0.619. The molecule has 9 heteroatoms. The molecule has 0 bridgehead atoms. The van der Waals surface area contributed by atoms with E-state index in [2.05, 4.69) is 0 Å². The molecule has 0 aromatic heterocycles. The monoisotopic (exact) mass is 435 g/mol. The SMILES string of the molecule is O=C(C1CCCN(S(=O)(=O)c2ccccc2)C1)N1CCN(C(=O)C2CCCO2)CC1. The Hall–Kier alpha value is -1.97. The van der Waals surface area contributed by atoms with Crippen LogP contribution >= 0.6 is 0 Å². The summed E-state index contributed by atoms with van der Waals surface area (Å²) in [6.07, 6.45) is 2.71. The summed E-state index contributed by atoms with van der Waals surface area (Å²) >= 11 is 0. The second-order valence-corrected chi connectivity index (χ2v) is 10.1. The Kier molecular flexibility index (Phi) is 6.40. The lowest BCUT2D eigenvalue weighted by molar-refractivity contribution is -0.147. The number of nitrogens with zero attached hydrogens (tertiary/aromatic N) is 3. The first-order chi connectivity index (χ1) is 14.5. The van der Waals surface area contributed by atoms with E-state index in [1.807, 2.05) is 0 Å². The Morgan fingerprint density at radius 3 is 2.17 bits per heavy atom. The van der Waals surface area contributed by atoms with Crippen LogP contribution in [0, 0.1) is 5.92 Å². The maximum Gasteiger partial charge on any atom is 0.251 e. The van der Waals surface area contributed by atoms with Crippen LogP contribution in [-0.2, 0) is 24.3 Å². The van der Waals surface area contributed by atoms with Crippen molar-refractivity contribution in [3.8, 4) is 0 Å². The predicted molar refractivity (Wildman–Crippen MR) is 110 cm³/mol. The van der Waals surface area contributed by atoms with Gasteiger partial charge in [0.2, 0.25) is 15.9 Å². The van der Waals surface area contributed by atoms with E-state index in [0.29, 0.717) is 52.2 Å². The van der Waals surface area contributed by atoms with Crippen LogP contribution in [0.3, 0.4) is 0 Å². The molecular formula is C21H29N3O5S. The molecule has 3 aliphatic heterocycles. The van der Waals surface area contributed by atoms with Crippen molar-refractivity contribution in [3.05, 3.63) is 30.3 Å². The van der Waals surface area contributed by atoms with E-state index in [4.69, 9.17) is 4.74 Å². The Bertz CT molecular complexity index is 862. The van der Waals surface area contributed by atoms with Crippen molar-refractivity contribution in [2.45, 2.75) is 36.7 Å². The fourth-order valence-electron chi connectivity index (χ4n) is 4.49. The number of piperazine rings is 1. The van der Waals surface area contributed by atoms with Crippen molar-refractivity contribution in [2.75, 3.05) is 45.9 Å². The molecule has 3 fully saturated rings. The number of carbonyl (C=O) groups excluding carboxylic acids is 2. The van der Waals surface area contributed by atoms with Gasteiger partial charge in [-0.15, -0.1) is 0 Å². The highest BCUT2D eigenvalue weighted by Crippen LogP contribution is 2.25. The molecule has 4 rings (SSSR count). The maximum atomic E-state index is 13.1. The summed E-state index contributed by atoms with van der Waals surface area (Å²) < 4.78 is 32.8. The van der Waals surface area contributed by atoms with Crippen molar-refractivity contribution >= 4 is 21.8 Å². The smallest absolute Gasteiger partial charge is 0.251 e. The molecule has 30 heavy (non-hydrogen) atoms. The van der Waals surface area contributed by atoms with Crippen LogP contribution in [0.15, 0.2) is 35.2 Å². The number of carbonyl (C=O) groups is 2. The van der Waals surface area contributed by atoms with Gasteiger partial charge in [0.1, 0.15) is 6.10 Å². The van der Waals surface area contributed by atoms with Gasteiger partial charge < -0.3 is 14.5 Å². The molecule has 2 amide bonds. The molecule has 0 spiro atoms. The van der Waals surface area contributed by atoms with Crippen molar-refractivity contribution in [3.63, 3.8) is 0 Å². The van der Waals surface area contributed by atoms with Gasteiger partial charge in [0.05, 0.1) is 10.8 Å². The van der Waals surface area contributed by atoms with Crippen LogP contribution in [-0.4, -0.2) is 86.3 Å². The van der Waals surface area contributed by atoms with Crippen LogP contribution in [0.25, 0.3) is 0 Å². The number of piperidine rings is 1. The van der Waals surface area contributed by atoms with E-state index >= 15 is 0 Å². The zero-order valence-electron chi connectivity index (χ0n) is 17.1. The molecule has 3 aliphatic rings. The second kappa shape index (κ2) is 9.03. The summed E-state index contributed by atoms with van der Waals surface area (Å²) in [5.41, 5.74) is 0. The molecule has 3 saturated heterocycles. The van der Waals surface area contributed by atoms with Gasteiger partial charge in [0.25, 0.3) is 5.91 Å². The lowest BCUT2D eigenvalue weighted by atomic mass is 9.97. The van der Waals surface area contributed by atoms with Crippen LogP contribution in [0.1, 0.15) is 25.7 Å². The van der Waals surface area contributed by atoms with E-state index in [1.54, 1.807) is 40.1 Å². The zero-order chi connectivity index (χ0) is 21.1. The minimum absolute atomic E-state index is 0.00724. The highest BCUT2D eigenvalue weighted by molar-refractivity contribution is 7.89. The Balaban J connectivity index is 1.34. The third-order valence-corrected chi connectivity index (χ3v) is 8.10. The Morgan fingerprint density at radius 1 is 0.867 bits per heavy atom. The number of sulfonamides is 1. The summed E-state index contributed by atoms with van der Waals surface area (Å²) in [4.78, 5) is 29.4. The second-order valence-electron chi connectivity index (χ2n) is 8.17. The van der Waals surface area contributed by atoms with E-state index < -0.39 is 10.0 Å². The average Bonchev–Trinajstić information content (AvgIpc) is 3.34. The number of benzene rings is 1. The van der Waals surface area contributed by atoms with Gasteiger partial charge in [0, 0.05) is 45.9 Å². The van der Waals surface area contributed by atoms with Crippen LogP contribution < -0.4 is 0 Å². The zero-order valence-corrected chi connectivity index (χ0v) is 17.9. The number of ether oxygens (including phenoxy) is 1. The quantitative estimate of drug-likeness (QED) is 0.702. The predicted octanol–water partition coefficient (Wildman–Crippen LogP) is 0.937. The van der Waals surface area contributed by atoms with Gasteiger partial charge in [-0.2, -0.15) is 4.31 Å². The highest BCUT2D eigenvalue weighted by atomic mass is 32.2. The largest absolute Gasteiger partial charge is 0.368 e. The highest BCUT2D eigenvalue weighted by Gasteiger charge is 2.37. The van der Waals surface area contributed by atoms with E-state index in [1.165, 1.54) is 4.31 Å². The Labute approximate surface area is 177 Å². The molecule has 3 heterocycles. The van der Waals surface area contributed by atoms with Gasteiger partial charge in [-0.05, 0) is 37.8 Å². The normalized spacial score (nSPS) is 26.0. The van der Waals surface area contributed by atoms with E-state index in [-0.39, 0.29) is 35.3 Å². The number of hydrogen-bond donors (Lipinski definition) is 0. The number of rotatable bonds is 4. The minimum Gasteiger partial charge on any atom is -0.368 e. The van der Waals surface area contributed by atoms with Gasteiger partial charge in [-0.25, -0.2) is 8.42 Å². The molecule has 2 unspecified atom stereocenters. The molecule has 1 aromatic rings. The van der Waals surface area contributed by atoms with Gasteiger partial charge in [-0.1, -0.05) is 18.2 Å². The van der Waals surface area contributed by atoms with Gasteiger partial charge in [0.15, 0.2) is 0 Å². The number of hydrogen-bond acceptors (Lipinski definition) is 5. The standard InChI is InChI=1S/C21H29N3O5S/c25-20(22-11-13-23(14-12-22)21(26)19-9-5-15-29-19)17-6-4-10-24(16-17)30(27,28)18-7-2-1-3-8-18/h1-3,7-8,17,19H,4-6,9-16H2. The molecule has 164 valence electrons. The topological polar surface area (TPSA) is 87.2 Å². The summed E-state index contributed by atoms with van der Waals surface area (Å²) in [7, 11) is -3.59. The lowest BCUT2D eigenvalue weighted by Gasteiger charge is -2.39. The summed E-state index contributed by atoms with van der Waals surface area (Å²) in [6.45, 7) is 3.26. The maximum absolute atomic E-state index is 13.1. The molecule has 1 aromatic carbocycles. The molecule has 0 radical (unpaired) electrons. The lowest BCUT2D eigenvalue weighted by Crippen LogP contribution is -2.55. The molecule has 0 N–H and O–H groups in total. The average molecular weight is 436 g/mol. The summed E-state index contributed by atoms with van der Waals surface area (Å²) in [5.74, 6) is -0.317. The first kappa shape index (κ1) is 21.3. The van der Waals surface area contributed by atoms with Gasteiger partial charge in [-0.3, -0.25) is 9.59 Å². The molecule has 2 atom stereocenters. The molecular weight excluding hydrogens is 406 g/mol. The first-order valence-electron chi connectivity index (χ1n) is 10.7. The van der Waals surface area contributed by atoms with Crippen molar-refractivity contribution in [2.24, 2.45) is 5.92 Å². The van der Waals surface area contributed by atoms with Crippen molar-refractivity contribution in [1.82, 2.24) is 14.1 Å².